The van der Waals surface area contributed by atoms with Crippen LogP contribution in [0.5, 0.6) is 5.75 Å². The Kier molecular flexibility index (Phi) is 6.01. The molecule has 0 saturated heterocycles. The highest BCUT2D eigenvalue weighted by Crippen LogP contribution is 2.27. The van der Waals surface area contributed by atoms with Gasteiger partial charge in [-0.3, -0.25) is 0 Å². The Labute approximate surface area is 105 Å². The molecular formula is C14H24N2O. The summed E-state index contributed by atoms with van der Waals surface area (Å²) in [6, 6.07) is 6.41. The molecule has 1 rings (SSSR count). The van der Waals surface area contributed by atoms with Crippen molar-refractivity contribution in [3.63, 3.8) is 0 Å². The highest BCUT2D eigenvalue weighted by Gasteiger charge is 2.07. The smallest absolute Gasteiger partial charge is 0.122 e. The van der Waals surface area contributed by atoms with Crippen LogP contribution < -0.4 is 15.4 Å². The minimum absolute atomic E-state index is 0.488. The molecule has 17 heavy (non-hydrogen) atoms. The molecule has 2 N–H and O–H groups in total. The van der Waals surface area contributed by atoms with Crippen molar-refractivity contribution < 1.29 is 4.74 Å². The Morgan fingerprint density at radius 1 is 1.24 bits per heavy atom. The summed E-state index contributed by atoms with van der Waals surface area (Å²) in [6.07, 6.45) is 0. The zero-order valence-corrected chi connectivity index (χ0v) is 11.3. The summed E-state index contributed by atoms with van der Waals surface area (Å²) >= 11 is 0. The highest BCUT2D eigenvalue weighted by atomic mass is 16.5. The summed E-state index contributed by atoms with van der Waals surface area (Å²) in [5, 5.41) is 6.52. The van der Waals surface area contributed by atoms with E-state index >= 15 is 0 Å². The van der Waals surface area contributed by atoms with Gasteiger partial charge in [0.15, 0.2) is 0 Å². The van der Waals surface area contributed by atoms with Crippen LogP contribution in [-0.4, -0.2) is 27.2 Å². The molecule has 96 valence electrons. The minimum Gasteiger partial charge on any atom is -0.496 e. The molecule has 0 aromatic heterocycles. The SMILES string of the molecule is CNCCNCc1ccc(OC)c(C(C)C)c1. The molecule has 0 radical (unpaired) electrons. The van der Waals surface area contributed by atoms with Gasteiger partial charge in [0.05, 0.1) is 7.11 Å². The van der Waals surface area contributed by atoms with E-state index in [0.29, 0.717) is 5.92 Å². The molecule has 0 fully saturated rings. The molecule has 0 aliphatic rings. The first-order valence-electron chi connectivity index (χ1n) is 6.21. The fraction of sp³-hybridized carbons (Fsp3) is 0.571. The van der Waals surface area contributed by atoms with E-state index in [0.717, 1.165) is 25.4 Å². The lowest BCUT2D eigenvalue weighted by atomic mass is 9.99. The van der Waals surface area contributed by atoms with E-state index in [2.05, 4.69) is 42.7 Å². The average molecular weight is 236 g/mol. The van der Waals surface area contributed by atoms with Gasteiger partial charge >= 0.3 is 0 Å². The van der Waals surface area contributed by atoms with Gasteiger partial charge in [0, 0.05) is 19.6 Å². The molecule has 1 aromatic carbocycles. The van der Waals surface area contributed by atoms with E-state index in [-0.39, 0.29) is 0 Å². The number of hydrogen-bond donors (Lipinski definition) is 2. The van der Waals surface area contributed by atoms with Crippen LogP contribution in [0.15, 0.2) is 18.2 Å². The number of hydrogen-bond acceptors (Lipinski definition) is 3. The predicted octanol–water partition coefficient (Wildman–Crippen LogP) is 2.13. The van der Waals surface area contributed by atoms with Gasteiger partial charge in [0.1, 0.15) is 5.75 Å². The van der Waals surface area contributed by atoms with Crippen LogP contribution in [0, 0.1) is 0 Å². The monoisotopic (exact) mass is 236 g/mol. The molecule has 0 unspecified atom stereocenters. The van der Waals surface area contributed by atoms with Crippen LogP contribution in [0.2, 0.25) is 0 Å². The molecule has 0 bridgehead atoms. The summed E-state index contributed by atoms with van der Waals surface area (Å²) < 4.78 is 5.37. The fourth-order valence-electron chi connectivity index (χ4n) is 1.79. The summed E-state index contributed by atoms with van der Waals surface area (Å²) in [4.78, 5) is 0. The number of benzene rings is 1. The van der Waals surface area contributed by atoms with E-state index in [4.69, 9.17) is 4.74 Å². The molecule has 3 heteroatoms. The Bertz CT molecular complexity index is 337. The molecule has 0 heterocycles. The van der Waals surface area contributed by atoms with Gasteiger partial charge in [-0.2, -0.15) is 0 Å². The maximum absolute atomic E-state index is 5.37. The first kappa shape index (κ1) is 14.0. The van der Waals surface area contributed by atoms with Crippen molar-refractivity contribution >= 4 is 0 Å². The maximum Gasteiger partial charge on any atom is 0.122 e. The Hall–Kier alpha value is -1.06. The van der Waals surface area contributed by atoms with E-state index in [1.54, 1.807) is 7.11 Å². The van der Waals surface area contributed by atoms with Gasteiger partial charge in [0.2, 0.25) is 0 Å². The molecule has 0 saturated carbocycles. The fourth-order valence-corrected chi connectivity index (χ4v) is 1.79. The Morgan fingerprint density at radius 3 is 2.59 bits per heavy atom. The quantitative estimate of drug-likeness (QED) is 0.712. The Balaban J connectivity index is 2.64. The summed E-state index contributed by atoms with van der Waals surface area (Å²) in [7, 11) is 3.69. The zero-order chi connectivity index (χ0) is 12.7. The maximum atomic E-state index is 5.37. The summed E-state index contributed by atoms with van der Waals surface area (Å²) in [5.41, 5.74) is 2.59. The van der Waals surface area contributed by atoms with Crippen LogP contribution in [0.1, 0.15) is 30.9 Å². The van der Waals surface area contributed by atoms with E-state index < -0.39 is 0 Å². The van der Waals surface area contributed by atoms with E-state index in [1.165, 1.54) is 11.1 Å². The molecule has 0 amide bonds. The van der Waals surface area contributed by atoms with Crippen LogP contribution in [0.3, 0.4) is 0 Å². The number of nitrogens with one attached hydrogen (secondary N) is 2. The van der Waals surface area contributed by atoms with E-state index in [9.17, 15) is 0 Å². The van der Waals surface area contributed by atoms with Crippen molar-refractivity contribution in [3.8, 4) is 5.75 Å². The second kappa shape index (κ2) is 7.30. The van der Waals surface area contributed by atoms with Gasteiger partial charge in [-0.1, -0.05) is 26.0 Å². The first-order chi connectivity index (χ1) is 8.19. The van der Waals surface area contributed by atoms with Crippen LogP contribution in [0.4, 0.5) is 0 Å². The molecule has 0 aliphatic carbocycles. The summed E-state index contributed by atoms with van der Waals surface area (Å²) in [5.74, 6) is 1.47. The molecule has 3 nitrogen and oxygen atoms in total. The minimum atomic E-state index is 0.488. The van der Waals surface area contributed by atoms with Crippen molar-refractivity contribution in [1.82, 2.24) is 10.6 Å². The third kappa shape index (κ3) is 4.36. The normalized spacial score (nSPS) is 10.9. The van der Waals surface area contributed by atoms with Crippen molar-refractivity contribution in [3.05, 3.63) is 29.3 Å². The molecule has 0 atom stereocenters. The van der Waals surface area contributed by atoms with Crippen LogP contribution >= 0.6 is 0 Å². The van der Waals surface area contributed by atoms with Gasteiger partial charge in [-0.25, -0.2) is 0 Å². The van der Waals surface area contributed by atoms with Crippen LogP contribution in [0.25, 0.3) is 0 Å². The largest absolute Gasteiger partial charge is 0.496 e. The highest BCUT2D eigenvalue weighted by molar-refractivity contribution is 5.39. The zero-order valence-electron chi connectivity index (χ0n) is 11.3. The van der Waals surface area contributed by atoms with Crippen LogP contribution in [-0.2, 0) is 6.54 Å². The molecular weight excluding hydrogens is 212 g/mol. The summed E-state index contributed by atoms with van der Waals surface area (Å²) in [6.45, 7) is 7.27. The van der Waals surface area contributed by atoms with E-state index in [1.807, 2.05) is 7.05 Å². The lowest BCUT2D eigenvalue weighted by Gasteiger charge is -2.14. The second-order valence-corrected chi connectivity index (χ2v) is 4.51. The molecule has 0 aliphatic heterocycles. The third-order valence-corrected chi connectivity index (χ3v) is 2.80. The standard InChI is InChI=1S/C14H24N2O/c1-11(2)13-9-12(5-6-14(13)17-4)10-16-8-7-15-3/h5-6,9,11,15-16H,7-8,10H2,1-4H3. The number of ether oxygens (including phenoxy) is 1. The van der Waals surface area contributed by atoms with Gasteiger partial charge in [-0.15, -0.1) is 0 Å². The number of likely N-dealkylation sites (N-methyl/N-ethyl adjacent to an activating group) is 1. The first-order valence-corrected chi connectivity index (χ1v) is 6.21. The average Bonchev–Trinajstić information content (AvgIpc) is 2.34. The van der Waals surface area contributed by atoms with Gasteiger partial charge < -0.3 is 15.4 Å². The van der Waals surface area contributed by atoms with Crippen molar-refractivity contribution in [2.24, 2.45) is 0 Å². The van der Waals surface area contributed by atoms with Gasteiger partial charge in [-0.05, 0) is 30.2 Å². The molecule has 0 spiro atoms. The molecule has 1 aromatic rings. The lowest BCUT2D eigenvalue weighted by Crippen LogP contribution is -2.24. The van der Waals surface area contributed by atoms with Crippen molar-refractivity contribution in [2.45, 2.75) is 26.3 Å². The Morgan fingerprint density at radius 2 is 2.00 bits per heavy atom. The van der Waals surface area contributed by atoms with Crippen molar-refractivity contribution in [2.75, 3.05) is 27.2 Å². The number of methoxy groups -OCH3 is 1. The number of rotatable bonds is 7. The van der Waals surface area contributed by atoms with Crippen molar-refractivity contribution in [1.29, 1.82) is 0 Å². The topological polar surface area (TPSA) is 33.3 Å². The second-order valence-electron chi connectivity index (χ2n) is 4.51. The predicted molar refractivity (Wildman–Crippen MR) is 72.7 cm³/mol. The van der Waals surface area contributed by atoms with Gasteiger partial charge in [0.25, 0.3) is 0 Å². The third-order valence-electron chi connectivity index (χ3n) is 2.80. The lowest BCUT2D eigenvalue weighted by molar-refractivity contribution is 0.407.